The predicted octanol–water partition coefficient (Wildman–Crippen LogP) is 5.68. The Morgan fingerprint density at radius 2 is 1.81 bits per heavy atom. The van der Waals surface area contributed by atoms with E-state index in [1.807, 2.05) is 6.07 Å². The van der Waals surface area contributed by atoms with Gasteiger partial charge in [-0.15, -0.1) is 0 Å². The Bertz CT molecular complexity index is 955. The maximum absolute atomic E-state index is 6.04. The van der Waals surface area contributed by atoms with Crippen LogP contribution in [0, 0.1) is 0 Å². The number of allylic oxidation sites excluding steroid dienone is 2. The molecule has 0 spiro atoms. The normalized spacial score (nSPS) is 20.4. The van der Waals surface area contributed by atoms with Crippen LogP contribution in [0.5, 0.6) is 5.75 Å². The Hall–Kier alpha value is -2.68. The maximum Gasteiger partial charge on any atom is 0.119 e. The molecule has 26 heavy (non-hydrogen) atoms. The third kappa shape index (κ3) is 2.59. The lowest BCUT2D eigenvalue weighted by molar-refractivity contribution is 0.213. The fraction of sp³-hybridized carbons (Fsp3) is 0.304. The van der Waals surface area contributed by atoms with Crippen LogP contribution in [-0.2, 0) is 10.2 Å². The van der Waals surface area contributed by atoms with Crippen molar-refractivity contribution in [2.75, 3.05) is 14.2 Å². The second-order valence-electron chi connectivity index (χ2n) is 7.18. The van der Waals surface area contributed by atoms with Gasteiger partial charge in [0.1, 0.15) is 11.5 Å². The number of aromatic nitrogens is 1. The number of nitrogens with one attached hydrogen (secondary N) is 1. The van der Waals surface area contributed by atoms with Gasteiger partial charge in [0.2, 0.25) is 0 Å². The Morgan fingerprint density at radius 3 is 2.54 bits per heavy atom. The van der Waals surface area contributed by atoms with Crippen LogP contribution in [-0.4, -0.2) is 19.2 Å². The van der Waals surface area contributed by atoms with Crippen LogP contribution in [0.15, 0.2) is 60.5 Å². The van der Waals surface area contributed by atoms with Crippen molar-refractivity contribution in [3.8, 4) is 5.75 Å². The first-order valence-corrected chi connectivity index (χ1v) is 9.16. The smallest absolute Gasteiger partial charge is 0.119 e. The lowest BCUT2D eigenvalue weighted by Gasteiger charge is -2.37. The van der Waals surface area contributed by atoms with Crippen LogP contribution < -0.4 is 4.74 Å². The van der Waals surface area contributed by atoms with E-state index in [2.05, 4.69) is 60.6 Å². The molecule has 4 rings (SSSR count). The molecule has 0 saturated heterocycles. The second-order valence-corrected chi connectivity index (χ2v) is 7.18. The molecule has 0 saturated carbocycles. The molecule has 1 aliphatic carbocycles. The fourth-order valence-corrected chi connectivity index (χ4v) is 4.38. The highest BCUT2D eigenvalue weighted by Crippen LogP contribution is 2.48. The van der Waals surface area contributed by atoms with Gasteiger partial charge < -0.3 is 14.5 Å². The van der Waals surface area contributed by atoms with Crippen molar-refractivity contribution in [3.63, 3.8) is 0 Å². The van der Waals surface area contributed by atoms with Crippen molar-refractivity contribution in [3.05, 3.63) is 71.6 Å². The minimum Gasteiger partial charge on any atom is -0.500 e. The summed E-state index contributed by atoms with van der Waals surface area (Å²) in [5.41, 5.74) is 4.82. The summed E-state index contributed by atoms with van der Waals surface area (Å²) < 4.78 is 11.5. The highest BCUT2D eigenvalue weighted by molar-refractivity contribution is 5.87. The van der Waals surface area contributed by atoms with Gasteiger partial charge in [0.25, 0.3) is 0 Å². The van der Waals surface area contributed by atoms with Gasteiger partial charge in [0, 0.05) is 17.1 Å². The predicted molar refractivity (Wildman–Crippen MR) is 106 cm³/mol. The van der Waals surface area contributed by atoms with Gasteiger partial charge in [-0.1, -0.05) is 30.3 Å². The van der Waals surface area contributed by atoms with Crippen molar-refractivity contribution in [2.24, 2.45) is 0 Å². The Morgan fingerprint density at radius 1 is 1.00 bits per heavy atom. The summed E-state index contributed by atoms with van der Waals surface area (Å²) >= 11 is 0. The van der Waals surface area contributed by atoms with Crippen LogP contribution in [0.1, 0.15) is 37.3 Å². The molecule has 3 nitrogen and oxygen atoms in total. The number of ether oxygens (including phenoxy) is 2. The van der Waals surface area contributed by atoms with Crippen LogP contribution >= 0.6 is 0 Å². The summed E-state index contributed by atoms with van der Waals surface area (Å²) in [7, 11) is 3.51. The molecule has 1 unspecified atom stereocenters. The minimum atomic E-state index is -0.164. The fourth-order valence-electron chi connectivity index (χ4n) is 4.38. The minimum absolute atomic E-state index is 0.164. The first-order valence-electron chi connectivity index (χ1n) is 9.16. The van der Waals surface area contributed by atoms with E-state index in [4.69, 9.17) is 9.47 Å². The number of rotatable bonds is 4. The van der Waals surface area contributed by atoms with Gasteiger partial charge in [-0.05, 0) is 61.1 Å². The van der Waals surface area contributed by atoms with Gasteiger partial charge >= 0.3 is 0 Å². The summed E-state index contributed by atoms with van der Waals surface area (Å²) in [5.74, 6) is 1.96. The van der Waals surface area contributed by atoms with Gasteiger partial charge in [0.05, 0.1) is 19.6 Å². The quantitative estimate of drug-likeness (QED) is 0.659. The van der Waals surface area contributed by atoms with E-state index in [-0.39, 0.29) is 5.41 Å². The summed E-state index contributed by atoms with van der Waals surface area (Å²) in [6, 6.07) is 16.8. The van der Waals surface area contributed by atoms with Gasteiger partial charge in [-0.3, -0.25) is 0 Å². The number of aromatic amines is 1. The van der Waals surface area contributed by atoms with Crippen molar-refractivity contribution >= 4 is 16.5 Å². The Balaban J connectivity index is 1.92. The van der Waals surface area contributed by atoms with E-state index < -0.39 is 0 Å². The van der Waals surface area contributed by atoms with Crippen LogP contribution in [0.3, 0.4) is 0 Å². The first-order chi connectivity index (χ1) is 12.7. The summed E-state index contributed by atoms with van der Waals surface area (Å²) in [6.07, 6.45) is 5.40. The number of methoxy groups -OCH3 is 2. The zero-order valence-electron chi connectivity index (χ0n) is 15.6. The third-order valence-electron chi connectivity index (χ3n) is 5.69. The number of H-pyrrole nitrogens is 1. The Kier molecular flexibility index (Phi) is 4.23. The molecule has 1 atom stereocenters. The molecular formula is C23H25NO2. The van der Waals surface area contributed by atoms with Crippen molar-refractivity contribution in [1.29, 1.82) is 0 Å². The molecular weight excluding hydrogens is 322 g/mol. The first kappa shape index (κ1) is 16.8. The highest BCUT2D eigenvalue weighted by atomic mass is 16.5. The van der Waals surface area contributed by atoms with E-state index in [1.54, 1.807) is 14.2 Å². The second kappa shape index (κ2) is 6.56. The zero-order valence-corrected chi connectivity index (χ0v) is 15.6. The summed E-state index contributed by atoms with van der Waals surface area (Å²) in [5, 5.41) is 1.20. The molecule has 0 aliphatic heterocycles. The monoisotopic (exact) mass is 347 g/mol. The SMILES string of the molecule is COC1=C(c2ccccc2)CCCC1(C)c1c[nH]c2ccc(OC)cc12. The zero-order chi connectivity index (χ0) is 18.1. The number of hydrogen-bond acceptors (Lipinski definition) is 2. The van der Waals surface area contributed by atoms with E-state index in [9.17, 15) is 0 Å². The topological polar surface area (TPSA) is 34.2 Å². The highest BCUT2D eigenvalue weighted by Gasteiger charge is 2.39. The number of hydrogen-bond donors (Lipinski definition) is 1. The molecule has 2 aromatic carbocycles. The summed E-state index contributed by atoms with van der Waals surface area (Å²) in [6.45, 7) is 2.30. The molecule has 1 aliphatic rings. The van der Waals surface area contributed by atoms with Gasteiger partial charge in [-0.2, -0.15) is 0 Å². The van der Waals surface area contributed by atoms with E-state index in [0.717, 1.165) is 36.3 Å². The van der Waals surface area contributed by atoms with E-state index in [1.165, 1.54) is 22.1 Å². The van der Waals surface area contributed by atoms with Crippen LogP contribution in [0.25, 0.3) is 16.5 Å². The molecule has 1 heterocycles. The standard InChI is InChI=1S/C23H25NO2/c1-23(20-15-24-21-12-11-17(25-2)14-19(20)21)13-7-10-18(22(23)26-3)16-8-5-4-6-9-16/h4-6,8-9,11-12,14-15,24H,7,10,13H2,1-3H3. The average molecular weight is 347 g/mol. The van der Waals surface area contributed by atoms with Crippen molar-refractivity contribution < 1.29 is 9.47 Å². The number of fused-ring (bicyclic) bond motifs is 1. The molecule has 1 aromatic heterocycles. The Labute approximate surface area is 154 Å². The van der Waals surface area contributed by atoms with Gasteiger partial charge in [-0.25, -0.2) is 0 Å². The molecule has 3 heteroatoms. The molecule has 0 fully saturated rings. The van der Waals surface area contributed by atoms with Crippen LogP contribution in [0.4, 0.5) is 0 Å². The largest absolute Gasteiger partial charge is 0.500 e. The number of benzene rings is 2. The van der Waals surface area contributed by atoms with Crippen molar-refractivity contribution in [1.82, 2.24) is 4.98 Å². The average Bonchev–Trinajstić information content (AvgIpc) is 3.12. The summed E-state index contributed by atoms with van der Waals surface area (Å²) in [4.78, 5) is 3.43. The van der Waals surface area contributed by atoms with E-state index >= 15 is 0 Å². The molecule has 0 radical (unpaired) electrons. The third-order valence-corrected chi connectivity index (χ3v) is 5.69. The molecule has 3 aromatic rings. The lowest BCUT2D eigenvalue weighted by atomic mass is 9.70. The maximum atomic E-state index is 6.04. The van der Waals surface area contributed by atoms with Gasteiger partial charge in [0.15, 0.2) is 0 Å². The lowest BCUT2D eigenvalue weighted by Crippen LogP contribution is -2.29. The molecule has 0 bridgehead atoms. The van der Waals surface area contributed by atoms with Crippen LogP contribution in [0.2, 0.25) is 0 Å². The molecule has 0 amide bonds. The molecule has 1 N–H and O–H groups in total. The molecule has 134 valence electrons. The van der Waals surface area contributed by atoms with Crippen molar-refractivity contribution in [2.45, 2.75) is 31.6 Å². The van der Waals surface area contributed by atoms with E-state index in [0.29, 0.717) is 0 Å².